The van der Waals surface area contributed by atoms with Crippen molar-refractivity contribution in [3.63, 3.8) is 0 Å². The molecule has 88 valence electrons. The van der Waals surface area contributed by atoms with E-state index in [-0.39, 0.29) is 11.9 Å². The smallest absolute Gasteiger partial charge is 0.236 e. The van der Waals surface area contributed by atoms with Crippen LogP contribution in [0.25, 0.3) is 0 Å². The number of hydrogen-bond donors (Lipinski definition) is 2. The van der Waals surface area contributed by atoms with E-state index in [0.717, 1.165) is 13.1 Å². The van der Waals surface area contributed by atoms with Crippen molar-refractivity contribution >= 4 is 5.91 Å². The van der Waals surface area contributed by atoms with Crippen molar-refractivity contribution in [2.45, 2.75) is 32.2 Å². The molecule has 2 atom stereocenters. The maximum absolute atomic E-state index is 11.4. The van der Waals surface area contributed by atoms with Gasteiger partial charge in [-0.2, -0.15) is 0 Å². The fourth-order valence-electron chi connectivity index (χ4n) is 2.00. The molecule has 0 aromatic rings. The third-order valence-electron chi connectivity index (χ3n) is 3.06. The van der Waals surface area contributed by atoms with Gasteiger partial charge >= 0.3 is 0 Å². The Hall–Kier alpha value is -0.610. The molecule has 3 N–H and O–H groups in total. The average molecular weight is 213 g/mol. The minimum absolute atomic E-state index is 0.00859. The first-order valence-electron chi connectivity index (χ1n) is 5.85. The molecule has 1 fully saturated rings. The zero-order chi connectivity index (χ0) is 11.3. The lowest BCUT2D eigenvalue weighted by atomic mass is 9.98. The molecule has 1 unspecified atom stereocenters. The lowest BCUT2D eigenvalue weighted by Gasteiger charge is -2.29. The van der Waals surface area contributed by atoms with E-state index in [1.165, 1.54) is 19.4 Å². The van der Waals surface area contributed by atoms with Gasteiger partial charge < -0.3 is 16.0 Å². The summed E-state index contributed by atoms with van der Waals surface area (Å²) in [6, 6.07) is -0.341. The number of carbonyl (C=O) groups excluding carboxylic acids is 1. The van der Waals surface area contributed by atoms with Crippen LogP contribution in [0.2, 0.25) is 0 Å². The summed E-state index contributed by atoms with van der Waals surface area (Å²) in [5, 5.41) is 2.93. The predicted molar refractivity (Wildman–Crippen MR) is 61.5 cm³/mol. The van der Waals surface area contributed by atoms with Crippen molar-refractivity contribution in [3.8, 4) is 0 Å². The minimum atomic E-state index is -0.341. The lowest BCUT2D eigenvalue weighted by molar-refractivity contribution is -0.122. The molecular formula is C11H23N3O. The summed E-state index contributed by atoms with van der Waals surface area (Å²) in [6.07, 6.45) is 3.15. The Labute approximate surface area is 92.2 Å². The molecule has 0 spiro atoms. The van der Waals surface area contributed by atoms with Crippen molar-refractivity contribution in [3.05, 3.63) is 0 Å². The minimum Gasteiger partial charge on any atom is -0.354 e. The topological polar surface area (TPSA) is 58.4 Å². The van der Waals surface area contributed by atoms with Gasteiger partial charge in [-0.25, -0.2) is 0 Å². The van der Waals surface area contributed by atoms with E-state index in [1.54, 1.807) is 0 Å². The quantitative estimate of drug-likeness (QED) is 0.700. The number of hydrogen-bond acceptors (Lipinski definition) is 3. The molecule has 0 aromatic heterocycles. The highest BCUT2D eigenvalue weighted by Gasteiger charge is 2.18. The fraction of sp³-hybridized carbons (Fsp3) is 0.909. The van der Waals surface area contributed by atoms with Gasteiger partial charge in [0.2, 0.25) is 5.91 Å². The summed E-state index contributed by atoms with van der Waals surface area (Å²) >= 11 is 0. The number of rotatable bonds is 4. The number of likely N-dealkylation sites (tertiary alicyclic amines) is 1. The maximum Gasteiger partial charge on any atom is 0.236 e. The normalized spacial score (nSPS) is 24.9. The van der Waals surface area contributed by atoms with E-state index in [4.69, 9.17) is 5.73 Å². The van der Waals surface area contributed by atoms with Crippen LogP contribution < -0.4 is 11.1 Å². The number of nitrogens with zero attached hydrogens (tertiary/aromatic N) is 1. The molecule has 0 aromatic carbocycles. The summed E-state index contributed by atoms with van der Waals surface area (Å²) in [7, 11) is 2.13. The number of piperidine rings is 1. The van der Waals surface area contributed by atoms with E-state index >= 15 is 0 Å². The molecule has 4 heteroatoms. The summed E-state index contributed by atoms with van der Waals surface area (Å²) in [5.74, 6) is 0.586. The summed E-state index contributed by atoms with van der Waals surface area (Å²) < 4.78 is 0. The molecule has 1 heterocycles. The number of nitrogens with two attached hydrogens (primary N) is 1. The van der Waals surface area contributed by atoms with Crippen LogP contribution >= 0.6 is 0 Å². The maximum atomic E-state index is 11.4. The van der Waals surface area contributed by atoms with Crippen LogP contribution in [0.4, 0.5) is 0 Å². The molecule has 1 saturated heterocycles. The Morgan fingerprint density at radius 1 is 1.67 bits per heavy atom. The van der Waals surface area contributed by atoms with Crippen molar-refractivity contribution in [2.75, 3.05) is 26.7 Å². The summed E-state index contributed by atoms with van der Waals surface area (Å²) in [4.78, 5) is 13.8. The van der Waals surface area contributed by atoms with Gasteiger partial charge in [-0.05, 0) is 38.8 Å². The number of nitrogens with one attached hydrogen (secondary N) is 1. The third kappa shape index (κ3) is 4.18. The van der Waals surface area contributed by atoms with E-state index < -0.39 is 0 Å². The molecule has 0 saturated carbocycles. The molecule has 0 aliphatic carbocycles. The van der Waals surface area contributed by atoms with Gasteiger partial charge in [0.15, 0.2) is 0 Å². The second-order valence-electron chi connectivity index (χ2n) is 4.53. The van der Waals surface area contributed by atoms with Gasteiger partial charge in [0.25, 0.3) is 0 Å². The lowest BCUT2D eigenvalue weighted by Crippen LogP contribution is -2.44. The highest BCUT2D eigenvalue weighted by Crippen LogP contribution is 2.13. The molecule has 1 aliphatic rings. The third-order valence-corrected chi connectivity index (χ3v) is 3.06. The van der Waals surface area contributed by atoms with Crippen molar-refractivity contribution in [1.82, 2.24) is 10.2 Å². The molecule has 0 radical (unpaired) electrons. The largest absolute Gasteiger partial charge is 0.354 e. The molecule has 1 rings (SSSR count). The molecule has 0 bridgehead atoms. The average Bonchev–Trinajstić information content (AvgIpc) is 2.25. The van der Waals surface area contributed by atoms with E-state index in [2.05, 4.69) is 17.3 Å². The van der Waals surface area contributed by atoms with Crippen LogP contribution in [0.1, 0.15) is 26.2 Å². The first kappa shape index (κ1) is 12.5. The van der Waals surface area contributed by atoms with Crippen LogP contribution in [0.15, 0.2) is 0 Å². The van der Waals surface area contributed by atoms with E-state index in [9.17, 15) is 4.79 Å². The van der Waals surface area contributed by atoms with Crippen LogP contribution in [-0.2, 0) is 4.79 Å². The zero-order valence-electron chi connectivity index (χ0n) is 9.83. The highest BCUT2D eigenvalue weighted by molar-refractivity contribution is 5.81. The predicted octanol–water partition coefficient (Wildman–Crippen LogP) is 0.182. The Morgan fingerprint density at radius 2 is 2.40 bits per heavy atom. The Kier molecular flexibility index (Phi) is 5.05. The van der Waals surface area contributed by atoms with Gasteiger partial charge in [0, 0.05) is 13.1 Å². The number of amides is 1. The van der Waals surface area contributed by atoms with Crippen LogP contribution in [-0.4, -0.2) is 43.5 Å². The Bertz CT molecular complexity index is 208. The van der Waals surface area contributed by atoms with Gasteiger partial charge in [0.1, 0.15) is 0 Å². The first-order chi connectivity index (χ1) is 7.13. The number of carbonyl (C=O) groups is 1. The van der Waals surface area contributed by atoms with E-state index in [1.807, 2.05) is 6.92 Å². The second kappa shape index (κ2) is 6.08. The van der Waals surface area contributed by atoms with Crippen LogP contribution in [0.3, 0.4) is 0 Å². The van der Waals surface area contributed by atoms with Gasteiger partial charge in [-0.15, -0.1) is 0 Å². The van der Waals surface area contributed by atoms with Crippen LogP contribution in [0, 0.1) is 5.92 Å². The van der Waals surface area contributed by atoms with Crippen molar-refractivity contribution in [2.24, 2.45) is 11.7 Å². The van der Waals surface area contributed by atoms with Crippen LogP contribution in [0.5, 0.6) is 0 Å². The summed E-state index contributed by atoms with van der Waals surface area (Å²) in [6.45, 7) is 4.97. The second-order valence-corrected chi connectivity index (χ2v) is 4.53. The zero-order valence-corrected chi connectivity index (χ0v) is 9.83. The molecule has 1 aliphatic heterocycles. The van der Waals surface area contributed by atoms with Gasteiger partial charge in [-0.1, -0.05) is 6.92 Å². The molecule has 4 nitrogen and oxygen atoms in total. The van der Waals surface area contributed by atoms with Crippen molar-refractivity contribution < 1.29 is 4.79 Å². The summed E-state index contributed by atoms with van der Waals surface area (Å²) in [5.41, 5.74) is 5.64. The molecule has 15 heavy (non-hydrogen) atoms. The fourth-order valence-corrected chi connectivity index (χ4v) is 2.00. The molecular weight excluding hydrogens is 190 g/mol. The van der Waals surface area contributed by atoms with Gasteiger partial charge in [0.05, 0.1) is 6.04 Å². The monoisotopic (exact) mass is 213 g/mol. The Morgan fingerprint density at radius 3 is 3.00 bits per heavy atom. The standard InChI is InChI=1S/C11H23N3O/c1-3-10(12)11(15)13-7-9-5-4-6-14(2)8-9/h9-10H,3-8,12H2,1-2H3,(H,13,15)/t9?,10-/m0/s1. The van der Waals surface area contributed by atoms with E-state index in [0.29, 0.717) is 12.3 Å². The van der Waals surface area contributed by atoms with Gasteiger partial charge in [-0.3, -0.25) is 4.79 Å². The highest BCUT2D eigenvalue weighted by atomic mass is 16.2. The Balaban J connectivity index is 2.21. The first-order valence-corrected chi connectivity index (χ1v) is 5.85. The SMILES string of the molecule is CC[C@H](N)C(=O)NCC1CCCN(C)C1. The van der Waals surface area contributed by atoms with Crippen molar-refractivity contribution in [1.29, 1.82) is 0 Å². The molecule has 1 amide bonds.